The van der Waals surface area contributed by atoms with E-state index in [0.717, 1.165) is 13.1 Å². The second-order valence-electron chi connectivity index (χ2n) is 10.2. The summed E-state index contributed by atoms with van der Waals surface area (Å²) < 4.78 is 5.67. The third-order valence-electron chi connectivity index (χ3n) is 7.09. The van der Waals surface area contributed by atoms with Gasteiger partial charge in [0.25, 0.3) is 11.8 Å². The van der Waals surface area contributed by atoms with Gasteiger partial charge in [0.2, 0.25) is 0 Å². The van der Waals surface area contributed by atoms with Crippen LogP contribution >= 0.6 is 0 Å². The maximum atomic E-state index is 13.6. The first-order valence-electron chi connectivity index (χ1n) is 13.8. The fraction of sp³-hybridized carbons (Fsp3) is 0.235. The molecule has 0 saturated carbocycles. The number of piperazine rings is 1. The Morgan fingerprint density at radius 1 is 0.700 bits per heavy atom. The minimum atomic E-state index is -0.269. The van der Waals surface area contributed by atoms with Crippen molar-refractivity contribution in [3.63, 3.8) is 0 Å². The van der Waals surface area contributed by atoms with E-state index in [-0.39, 0.29) is 24.0 Å². The third kappa shape index (κ3) is 6.41. The lowest BCUT2D eigenvalue weighted by molar-refractivity contribution is 0.0598. The van der Waals surface area contributed by atoms with Crippen LogP contribution in [-0.2, 0) is 0 Å². The summed E-state index contributed by atoms with van der Waals surface area (Å²) in [6, 6.07) is 35.4. The molecule has 0 aliphatic carbocycles. The number of hydrogen-bond acceptors (Lipinski definition) is 4. The summed E-state index contributed by atoms with van der Waals surface area (Å²) in [6.07, 6.45) is 0.0574. The minimum Gasteiger partial charge on any atom is -0.491 e. The Bertz CT molecular complexity index is 1370. The predicted octanol–water partition coefficient (Wildman–Crippen LogP) is 6.27. The van der Waals surface area contributed by atoms with Crippen LogP contribution in [0.1, 0.15) is 51.7 Å². The second-order valence-corrected chi connectivity index (χ2v) is 10.2. The van der Waals surface area contributed by atoms with Crippen LogP contribution in [0.15, 0.2) is 109 Å². The quantitative estimate of drug-likeness (QED) is 0.290. The van der Waals surface area contributed by atoms with E-state index in [2.05, 4.69) is 58.7 Å². The third-order valence-corrected chi connectivity index (χ3v) is 7.09. The van der Waals surface area contributed by atoms with Crippen LogP contribution in [0.5, 0.6) is 5.75 Å². The van der Waals surface area contributed by atoms with Crippen molar-refractivity contribution in [2.45, 2.75) is 26.0 Å². The van der Waals surface area contributed by atoms with Gasteiger partial charge >= 0.3 is 0 Å². The molecule has 0 atom stereocenters. The van der Waals surface area contributed by atoms with Gasteiger partial charge in [0.1, 0.15) is 5.75 Å². The van der Waals surface area contributed by atoms with Crippen LogP contribution in [0.2, 0.25) is 0 Å². The van der Waals surface area contributed by atoms with Crippen LogP contribution in [0.4, 0.5) is 5.69 Å². The molecule has 5 rings (SSSR count). The molecule has 1 saturated heterocycles. The van der Waals surface area contributed by atoms with E-state index in [1.54, 1.807) is 36.4 Å². The van der Waals surface area contributed by atoms with E-state index < -0.39 is 0 Å². The van der Waals surface area contributed by atoms with Gasteiger partial charge in [-0.15, -0.1) is 0 Å². The Morgan fingerprint density at radius 2 is 1.25 bits per heavy atom. The first-order chi connectivity index (χ1) is 19.5. The highest BCUT2D eigenvalue weighted by atomic mass is 16.5. The Hall–Kier alpha value is -4.42. The lowest BCUT2D eigenvalue weighted by Gasteiger charge is -2.40. The number of carbonyl (C=O) groups excluding carboxylic acids is 2. The zero-order chi connectivity index (χ0) is 27.9. The molecule has 0 spiro atoms. The number of amides is 2. The maximum absolute atomic E-state index is 13.6. The number of nitrogens with one attached hydrogen (secondary N) is 1. The van der Waals surface area contributed by atoms with Gasteiger partial charge < -0.3 is 15.0 Å². The van der Waals surface area contributed by atoms with E-state index in [4.69, 9.17) is 4.74 Å². The molecule has 40 heavy (non-hydrogen) atoms. The molecule has 1 heterocycles. The van der Waals surface area contributed by atoms with Gasteiger partial charge in [-0.3, -0.25) is 14.5 Å². The summed E-state index contributed by atoms with van der Waals surface area (Å²) in [5.74, 6) is 0.366. The molecule has 0 radical (unpaired) electrons. The highest BCUT2D eigenvalue weighted by Crippen LogP contribution is 2.30. The summed E-state index contributed by atoms with van der Waals surface area (Å²) in [7, 11) is 0. The lowest BCUT2D eigenvalue weighted by Crippen LogP contribution is -2.50. The molecule has 1 fully saturated rings. The summed E-state index contributed by atoms with van der Waals surface area (Å²) in [5.41, 5.74) is 3.98. The molecule has 0 aromatic heterocycles. The number of rotatable bonds is 8. The zero-order valence-corrected chi connectivity index (χ0v) is 23.0. The van der Waals surface area contributed by atoms with E-state index in [1.807, 2.05) is 43.0 Å². The molecule has 1 aliphatic heterocycles. The van der Waals surface area contributed by atoms with Gasteiger partial charge in [0, 0.05) is 31.7 Å². The predicted molar refractivity (Wildman–Crippen MR) is 159 cm³/mol. The van der Waals surface area contributed by atoms with Crippen molar-refractivity contribution in [3.8, 4) is 5.75 Å². The lowest BCUT2D eigenvalue weighted by atomic mass is 9.96. The fourth-order valence-corrected chi connectivity index (χ4v) is 5.17. The van der Waals surface area contributed by atoms with Crippen molar-refractivity contribution < 1.29 is 14.3 Å². The highest BCUT2D eigenvalue weighted by Gasteiger charge is 2.29. The van der Waals surface area contributed by atoms with Crippen molar-refractivity contribution >= 4 is 17.5 Å². The van der Waals surface area contributed by atoms with Gasteiger partial charge in [-0.2, -0.15) is 0 Å². The first-order valence-corrected chi connectivity index (χ1v) is 13.8. The first kappa shape index (κ1) is 27.2. The summed E-state index contributed by atoms with van der Waals surface area (Å²) in [6.45, 7) is 6.63. The van der Waals surface area contributed by atoms with Gasteiger partial charge in [0.15, 0.2) is 0 Å². The average Bonchev–Trinajstić information content (AvgIpc) is 2.99. The monoisotopic (exact) mass is 533 g/mol. The van der Waals surface area contributed by atoms with Gasteiger partial charge in [-0.1, -0.05) is 72.8 Å². The Kier molecular flexibility index (Phi) is 8.57. The van der Waals surface area contributed by atoms with Gasteiger partial charge in [-0.05, 0) is 61.4 Å². The molecular formula is C34H35N3O3. The van der Waals surface area contributed by atoms with E-state index in [1.165, 1.54) is 11.1 Å². The molecule has 2 amide bonds. The largest absolute Gasteiger partial charge is 0.491 e. The van der Waals surface area contributed by atoms with E-state index in [9.17, 15) is 9.59 Å². The van der Waals surface area contributed by atoms with Crippen LogP contribution < -0.4 is 10.1 Å². The minimum absolute atomic E-state index is 0.0574. The average molecular weight is 534 g/mol. The number of carbonyl (C=O) groups is 2. The van der Waals surface area contributed by atoms with E-state index >= 15 is 0 Å². The SMILES string of the molecule is CC(C)Oc1ccc(C(=O)Nc2ccccc2C(=O)N2CCN(C(c3ccccc3)c3ccccc3)CC2)cc1. The van der Waals surface area contributed by atoms with Crippen LogP contribution in [-0.4, -0.2) is 53.9 Å². The molecular weight excluding hydrogens is 498 g/mol. The summed E-state index contributed by atoms with van der Waals surface area (Å²) in [4.78, 5) is 31.0. The van der Waals surface area contributed by atoms with Crippen molar-refractivity contribution in [2.75, 3.05) is 31.5 Å². The highest BCUT2D eigenvalue weighted by molar-refractivity contribution is 6.09. The summed E-state index contributed by atoms with van der Waals surface area (Å²) >= 11 is 0. The molecule has 6 nitrogen and oxygen atoms in total. The van der Waals surface area contributed by atoms with Crippen LogP contribution in [0.25, 0.3) is 0 Å². The van der Waals surface area contributed by atoms with Gasteiger partial charge in [0.05, 0.1) is 23.4 Å². The second kappa shape index (κ2) is 12.6. The molecule has 0 unspecified atom stereocenters. The van der Waals surface area contributed by atoms with Crippen molar-refractivity contribution in [2.24, 2.45) is 0 Å². The van der Waals surface area contributed by atoms with Gasteiger partial charge in [-0.25, -0.2) is 0 Å². The number of hydrogen-bond donors (Lipinski definition) is 1. The topological polar surface area (TPSA) is 61.9 Å². The molecule has 204 valence electrons. The summed E-state index contributed by atoms with van der Waals surface area (Å²) in [5, 5.41) is 2.94. The molecule has 4 aromatic rings. The fourth-order valence-electron chi connectivity index (χ4n) is 5.17. The number of anilines is 1. The normalized spacial score (nSPS) is 13.8. The molecule has 4 aromatic carbocycles. The Morgan fingerprint density at radius 3 is 1.82 bits per heavy atom. The van der Waals surface area contributed by atoms with Crippen molar-refractivity contribution in [1.29, 1.82) is 0 Å². The molecule has 1 aliphatic rings. The number of para-hydroxylation sites is 1. The smallest absolute Gasteiger partial charge is 0.256 e. The number of nitrogens with zero attached hydrogens (tertiary/aromatic N) is 2. The van der Waals surface area contributed by atoms with Crippen LogP contribution in [0.3, 0.4) is 0 Å². The van der Waals surface area contributed by atoms with Crippen molar-refractivity contribution in [3.05, 3.63) is 131 Å². The number of benzene rings is 4. The molecule has 0 bridgehead atoms. The number of ether oxygens (including phenoxy) is 1. The van der Waals surface area contributed by atoms with E-state index in [0.29, 0.717) is 35.7 Å². The maximum Gasteiger partial charge on any atom is 0.256 e. The van der Waals surface area contributed by atoms with Crippen molar-refractivity contribution in [1.82, 2.24) is 9.80 Å². The van der Waals surface area contributed by atoms with Crippen LogP contribution in [0, 0.1) is 0 Å². The molecule has 6 heteroatoms. The molecule has 1 N–H and O–H groups in total. The standard InChI is InChI=1S/C34H35N3O3/c1-25(2)40-29-19-17-28(18-20-29)33(38)35-31-16-10-9-15-30(31)34(39)37-23-21-36(22-24-37)32(26-11-5-3-6-12-26)27-13-7-4-8-14-27/h3-20,25,32H,21-24H2,1-2H3,(H,35,38). The zero-order valence-electron chi connectivity index (χ0n) is 23.0. The Balaban J connectivity index is 1.27. The Labute approximate surface area is 236 Å².